The second kappa shape index (κ2) is 6.36. The highest BCUT2D eigenvalue weighted by atomic mass is 16.5. The van der Waals surface area contributed by atoms with Gasteiger partial charge in [0, 0.05) is 25.6 Å². The lowest BCUT2D eigenvalue weighted by Gasteiger charge is -2.22. The first-order valence-corrected chi connectivity index (χ1v) is 6.89. The summed E-state index contributed by atoms with van der Waals surface area (Å²) in [7, 11) is 0. The second-order valence-corrected chi connectivity index (χ2v) is 5.33. The maximum Gasteiger partial charge on any atom is 0.220 e. The molecule has 17 heavy (non-hydrogen) atoms. The Labute approximate surface area is 103 Å². The third kappa shape index (κ3) is 4.64. The molecule has 2 fully saturated rings. The predicted octanol–water partition coefficient (Wildman–Crippen LogP) is 1.19. The smallest absolute Gasteiger partial charge is 0.220 e. The number of nitrogens with two attached hydrogens (primary N) is 1. The Hall–Kier alpha value is -0.610. The minimum absolute atomic E-state index is 0.121. The fraction of sp³-hybridized carbons (Fsp3) is 0.923. The van der Waals surface area contributed by atoms with E-state index in [-0.39, 0.29) is 11.9 Å². The molecule has 1 amide bonds. The van der Waals surface area contributed by atoms with E-state index in [0.717, 1.165) is 19.4 Å². The topological polar surface area (TPSA) is 64.3 Å². The Kier molecular flexibility index (Phi) is 4.80. The van der Waals surface area contributed by atoms with Crippen LogP contribution in [0.25, 0.3) is 0 Å². The van der Waals surface area contributed by atoms with Gasteiger partial charge in [-0.25, -0.2) is 0 Å². The van der Waals surface area contributed by atoms with Crippen LogP contribution in [0.5, 0.6) is 0 Å². The lowest BCUT2D eigenvalue weighted by atomic mass is 10.0. The Morgan fingerprint density at radius 2 is 2.18 bits per heavy atom. The minimum atomic E-state index is 0.121. The Morgan fingerprint density at radius 3 is 2.82 bits per heavy atom. The van der Waals surface area contributed by atoms with Crippen LogP contribution in [0.15, 0.2) is 0 Å². The second-order valence-electron chi connectivity index (χ2n) is 5.33. The standard InChI is InChI=1S/C13H24N2O2/c14-12(10-4-5-10)9-15-13(16)7-6-11-3-1-2-8-17-11/h10-12H,1-9,14H2,(H,15,16). The van der Waals surface area contributed by atoms with Gasteiger partial charge in [-0.15, -0.1) is 0 Å². The Balaban J connectivity index is 1.53. The van der Waals surface area contributed by atoms with Gasteiger partial charge in [0.1, 0.15) is 0 Å². The fourth-order valence-corrected chi connectivity index (χ4v) is 2.34. The van der Waals surface area contributed by atoms with Crippen LogP contribution in [-0.2, 0) is 9.53 Å². The third-order valence-corrected chi connectivity index (χ3v) is 3.73. The summed E-state index contributed by atoms with van der Waals surface area (Å²) in [4.78, 5) is 11.6. The van der Waals surface area contributed by atoms with Crippen molar-refractivity contribution in [1.29, 1.82) is 0 Å². The molecule has 2 atom stereocenters. The molecule has 2 unspecified atom stereocenters. The van der Waals surface area contributed by atoms with Gasteiger partial charge in [-0.05, 0) is 44.4 Å². The molecule has 2 rings (SSSR count). The molecule has 0 aromatic carbocycles. The number of hydrogen-bond acceptors (Lipinski definition) is 3. The molecule has 1 aliphatic heterocycles. The van der Waals surface area contributed by atoms with E-state index in [2.05, 4.69) is 5.32 Å². The lowest BCUT2D eigenvalue weighted by Crippen LogP contribution is -2.38. The summed E-state index contributed by atoms with van der Waals surface area (Å²) in [6.07, 6.45) is 7.69. The first kappa shape index (κ1) is 12.8. The van der Waals surface area contributed by atoms with Gasteiger partial charge < -0.3 is 15.8 Å². The average molecular weight is 240 g/mol. The zero-order chi connectivity index (χ0) is 12.1. The fourth-order valence-electron chi connectivity index (χ4n) is 2.34. The summed E-state index contributed by atoms with van der Waals surface area (Å²) in [5.41, 5.74) is 5.93. The molecule has 2 aliphatic rings. The molecule has 1 heterocycles. The molecule has 1 saturated heterocycles. The van der Waals surface area contributed by atoms with Crippen molar-refractivity contribution >= 4 is 5.91 Å². The molecule has 0 radical (unpaired) electrons. The summed E-state index contributed by atoms with van der Waals surface area (Å²) in [5, 5.41) is 2.92. The van der Waals surface area contributed by atoms with Crippen molar-refractivity contribution in [2.24, 2.45) is 11.7 Å². The quantitative estimate of drug-likeness (QED) is 0.733. The molecule has 4 nitrogen and oxygen atoms in total. The number of amides is 1. The molecule has 0 aromatic rings. The van der Waals surface area contributed by atoms with Crippen molar-refractivity contribution in [3.63, 3.8) is 0 Å². The van der Waals surface area contributed by atoms with Crippen molar-refractivity contribution in [3.05, 3.63) is 0 Å². The number of carbonyl (C=O) groups excluding carboxylic acids is 1. The van der Waals surface area contributed by atoms with Crippen molar-refractivity contribution in [3.8, 4) is 0 Å². The van der Waals surface area contributed by atoms with E-state index in [4.69, 9.17) is 10.5 Å². The van der Waals surface area contributed by atoms with Gasteiger partial charge in [-0.1, -0.05) is 0 Å². The van der Waals surface area contributed by atoms with Crippen LogP contribution >= 0.6 is 0 Å². The van der Waals surface area contributed by atoms with E-state index in [9.17, 15) is 4.79 Å². The van der Waals surface area contributed by atoms with Crippen LogP contribution < -0.4 is 11.1 Å². The monoisotopic (exact) mass is 240 g/mol. The van der Waals surface area contributed by atoms with Crippen molar-refractivity contribution < 1.29 is 9.53 Å². The zero-order valence-electron chi connectivity index (χ0n) is 10.5. The first-order chi connectivity index (χ1) is 8.25. The van der Waals surface area contributed by atoms with Crippen LogP contribution in [0.1, 0.15) is 44.9 Å². The normalized spacial score (nSPS) is 26.5. The molecule has 3 N–H and O–H groups in total. The van der Waals surface area contributed by atoms with Gasteiger partial charge in [0.15, 0.2) is 0 Å². The molecule has 4 heteroatoms. The number of carbonyl (C=O) groups is 1. The highest BCUT2D eigenvalue weighted by Gasteiger charge is 2.28. The van der Waals surface area contributed by atoms with E-state index in [1.54, 1.807) is 0 Å². The molecule has 98 valence electrons. The lowest BCUT2D eigenvalue weighted by molar-refractivity contribution is -0.122. The van der Waals surface area contributed by atoms with Crippen molar-refractivity contribution in [2.45, 2.75) is 57.1 Å². The van der Waals surface area contributed by atoms with Gasteiger partial charge in [0.25, 0.3) is 0 Å². The summed E-state index contributed by atoms with van der Waals surface area (Å²) in [6, 6.07) is 0.157. The number of ether oxygens (including phenoxy) is 1. The van der Waals surface area contributed by atoms with Crippen LogP contribution in [0.4, 0.5) is 0 Å². The third-order valence-electron chi connectivity index (χ3n) is 3.73. The van der Waals surface area contributed by atoms with Gasteiger partial charge in [0.05, 0.1) is 6.10 Å². The summed E-state index contributed by atoms with van der Waals surface area (Å²) >= 11 is 0. The van der Waals surface area contributed by atoms with E-state index in [1.807, 2.05) is 0 Å². The van der Waals surface area contributed by atoms with Crippen LogP contribution in [0, 0.1) is 5.92 Å². The molecule has 0 spiro atoms. The zero-order valence-corrected chi connectivity index (χ0v) is 10.5. The first-order valence-electron chi connectivity index (χ1n) is 6.89. The van der Waals surface area contributed by atoms with Crippen molar-refractivity contribution in [1.82, 2.24) is 5.32 Å². The van der Waals surface area contributed by atoms with Crippen molar-refractivity contribution in [2.75, 3.05) is 13.2 Å². The van der Waals surface area contributed by atoms with E-state index in [1.165, 1.54) is 25.7 Å². The highest BCUT2D eigenvalue weighted by Crippen LogP contribution is 2.31. The molecule has 1 aliphatic carbocycles. The van der Waals surface area contributed by atoms with E-state index in [0.29, 0.717) is 25.0 Å². The number of nitrogens with one attached hydrogen (secondary N) is 1. The van der Waals surface area contributed by atoms with Gasteiger partial charge in [0.2, 0.25) is 5.91 Å². The van der Waals surface area contributed by atoms with Crippen LogP contribution in [0.3, 0.4) is 0 Å². The number of hydrogen-bond donors (Lipinski definition) is 2. The van der Waals surface area contributed by atoms with E-state index < -0.39 is 0 Å². The summed E-state index contributed by atoms with van der Waals surface area (Å²) in [6.45, 7) is 1.49. The van der Waals surface area contributed by atoms with Crippen LogP contribution in [-0.4, -0.2) is 31.2 Å². The van der Waals surface area contributed by atoms with Gasteiger partial charge in [-0.2, -0.15) is 0 Å². The molecular formula is C13H24N2O2. The summed E-state index contributed by atoms with van der Waals surface area (Å²) < 4.78 is 5.60. The molecule has 0 bridgehead atoms. The SMILES string of the molecule is NC(CNC(=O)CCC1CCCCO1)C1CC1. The summed E-state index contributed by atoms with van der Waals surface area (Å²) in [5.74, 6) is 0.771. The Morgan fingerprint density at radius 1 is 1.35 bits per heavy atom. The highest BCUT2D eigenvalue weighted by molar-refractivity contribution is 5.75. The molecule has 0 aromatic heterocycles. The predicted molar refractivity (Wildman–Crippen MR) is 66.5 cm³/mol. The van der Waals surface area contributed by atoms with E-state index >= 15 is 0 Å². The molecular weight excluding hydrogens is 216 g/mol. The number of rotatable bonds is 6. The Bertz CT molecular complexity index is 248. The van der Waals surface area contributed by atoms with Gasteiger partial charge in [-0.3, -0.25) is 4.79 Å². The van der Waals surface area contributed by atoms with Gasteiger partial charge >= 0.3 is 0 Å². The molecule has 1 saturated carbocycles. The largest absolute Gasteiger partial charge is 0.378 e. The maximum absolute atomic E-state index is 11.6. The van der Waals surface area contributed by atoms with Crippen LogP contribution in [0.2, 0.25) is 0 Å². The average Bonchev–Trinajstić information content (AvgIpc) is 3.19. The minimum Gasteiger partial charge on any atom is -0.378 e. The maximum atomic E-state index is 11.6.